The zero-order valence-corrected chi connectivity index (χ0v) is 16.9. The zero-order chi connectivity index (χ0) is 17.7. The standard InChI is InChI=1S/C21H37NO2.ClH/c1-3-4-5-6-7-8-9-10-11-12-13-19-14-16-20(17-15-19)18-22-21(2,23)24;/h14-17,22-24H,3-13,18H2,1-2H3;1H. The molecule has 0 aliphatic heterocycles. The van der Waals surface area contributed by atoms with Crippen molar-refractivity contribution in [3.8, 4) is 0 Å². The van der Waals surface area contributed by atoms with E-state index in [9.17, 15) is 10.2 Å². The fourth-order valence-corrected chi connectivity index (χ4v) is 2.97. The molecule has 1 aromatic rings. The van der Waals surface area contributed by atoms with E-state index in [1.165, 1.54) is 82.0 Å². The maximum atomic E-state index is 9.29. The number of quaternary nitrogens is 1. The lowest BCUT2D eigenvalue weighted by Crippen LogP contribution is -3.00. The molecule has 0 radical (unpaired) electrons. The van der Waals surface area contributed by atoms with Crippen LogP contribution in [0.15, 0.2) is 24.3 Å². The second kappa shape index (κ2) is 14.5. The van der Waals surface area contributed by atoms with E-state index in [1.807, 2.05) is 0 Å². The molecule has 146 valence electrons. The molecule has 0 spiro atoms. The van der Waals surface area contributed by atoms with Gasteiger partial charge in [0.15, 0.2) is 0 Å². The summed E-state index contributed by atoms with van der Waals surface area (Å²) in [6.45, 7) is 4.24. The molecule has 0 bridgehead atoms. The normalized spacial score (nSPS) is 11.4. The third-order valence-electron chi connectivity index (χ3n) is 4.57. The van der Waals surface area contributed by atoms with E-state index in [4.69, 9.17) is 0 Å². The Kier molecular flexibility index (Phi) is 14.2. The Hall–Kier alpha value is -0.610. The van der Waals surface area contributed by atoms with E-state index >= 15 is 0 Å². The molecule has 4 heteroatoms. The molecule has 0 amide bonds. The van der Waals surface area contributed by atoms with Crippen LogP contribution in [0.5, 0.6) is 0 Å². The Balaban J connectivity index is 0.00000576. The number of hydrogen-bond donors (Lipinski definition) is 3. The van der Waals surface area contributed by atoms with Gasteiger partial charge in [0.2, 0.25) is 0 Å². The van der Waals surface area contributed by atoms with E-state index in [0.717, 1.165) is 12.0 Å². The summed E-state index contributed by atoms with van der Waals surface area (Å²) in [5.41, 5.74) is 2.50. The first-order valence-electron chi connectivity index (χ1n) is 9.88. The second-order valence-corrected chi connectivity index (χ2v) is 7.25. The van der Waals surface area contributed by atoms with E-state index in [0.29, 0.717) is 6.54 Å². The summed E-state index contributed by atoms with van der Waals surface area (Å²) in [6.07, 6.45) is 14.9. The number of benzene rings is 1. The van der Waals surface area contributed by atoms with Crippen molar-refractivity contribution in [1.82, 2.24) is 0 Å². The second-order valence-electron chi connectivity index (χ2n) is 7.25. The van der Waals surface area contributed by atoms with E-state index in [-0.39, 0.29) is 12.4 Å². The molecule has 0 saturated heterocycles. The SMILES string of the molecule is CCCCCCCCCCCCc1ccc(C[NH2+]C(C)(O)O)cc1.[Cl-]. The molecule has 0 aromatic heterocycles. The van der Waals surface area contributed by atoms with Gasteiger partial charge in [-0.15, -0.1) is 0 Å². The lowest BCUT2D eigenvalue weighted by atomic mass is 10.0. The lowest BCUT2D eigenvalue weighted by molar-refractivity contribution is -0.818. The summed E-state index contributed by atoms with van der Waals surface area (Å²) in [4.78, 5) is 0. The number of rotatable bonds is 14. The quantitative estimate of drug-likeness (QED) is 0.336. The zero-order valence-electron chi connectivity index (χ0n) is 16.1. The Morgan fingerprint density at radius 2 is 1.20 bits per heavy atom. The average molecular weight is 372 g/mol. The molecular formula is C21H38ClNO2. The van der Waals surface area contributed by atoms with E-state index in [2.05, 4.69) is 31.2 Å². The minimum absolute atomic E-state index is 0. The van der Waals surface area contributed by atoms with Gasteiger partial charge in [-0.25, -0.2) is 0 Å². The van der Waals surface area contributed by atoms with Crippen molar-refractivity contribution in [2.24, 2.45) is 0 Å². The molecule has 3 nitrogen and oxygen atoms in total. The number of aryl methyl sites for hydroxylation is 1. The van der Waals surface area contributed by atoms with Crippen molar-refractivity contribution < 1.29 is 27.9 Å². The summed E-state index contributed by atoms with van der Waals surface area (Å²) in [7, 11) is 0. The summed E-state index contributed by atoms with van der Waals surface area (Å²) < 4.78 is 0. The van der Waals surface area contributed by atoms with Crippen LogP contribution in [0.3, 0.4) is 0 Å². The smallest absolute Gasteiger partial charge is 0.308 e. The lowest BCUT2D eigenvalue weighted by Gasteiger charge is -2.13. The summed E-state index contributed by atoms with van der Waals surface area (Å²) in [5, 5.41) is 20.1. The van der Waals surface area contributed by atoms with Crippen molar-refractivity contribution in [1.29, 1.82) is 0 Å². The van der Waals surface area contributed by atoms with Gasteiger partial charge in [0.1, 0.15) is 6.54 Å². The largest absolute Gasteiger partial charge is 1.00 e. The predicted octanol–water partition coefficient (Wildman–Crippen LogP) is 0.876. The van der Waals surface area contributed by atoms with Crippen LogP contribution in [0.4, 0.5) is 0 Å². The van der Waals surface area contributed by atoms with Gasteiger partial charge in [-0.1, -0.05) is 89.0 Å². The van der Waals surface area contributed by atoms with Crippen molar-refractivity contribution in [3.63, 3.8) is 0 Å². The van der Waals surface area contributed by atoms with E-state index < -0.39 is 5.91 Å². The third-order valence-corrected chi connectivity index (χ3v) is 4.57. The predicted molar refractivity (Wildman–Crippen MR) is 100 cm³/mol. The highest BCUT2D eigenvalue weighted by molar-refractivity contribution is 5.21. The Bertz CT molecular complexity index is 415. The third kappa shape index (κ3) is 14.3. The van der Waals surface area contributed by atoms with Crippen LogP contribution in [-0.4, -0.2) is 16.1 Å². The van der Waals surface area contributed by atoms with Crippen LogP contribution >= 0.6 is 0 Å². The first-order valence-corrected chi connectivity index (χ1v) is 9.88. The molecule has 0 atom stereocenters. The molecule has 0 fully saturated rings. The molecule has 0 saturated carbocycles. The summed E-state index contributed by atoms with van der Waals surface area (Å²) in [6, 6.07) is 8.52. The van der Waals surface area contributed by atoms with Gasteiger partial charge in [0.25, 0.3) is 0 Å². The molecule has 25 heavy (non-hydrogen) atoms. The van der Waals surface area contributed by atoms with E-state index in [1.54, 1.807) is 0 Å². The topological polar surface area (TPSA) is 57.1 Å². The maximum absolute atomic E-state index is 9.29. The molecule has 4 N–H and O–H groups in total. The molecule has 0 aliphatic rings. The van der Waals surface area contributed by atoms with Gasteiger partial charge in [-0.3, -0.25) is 5.32 Å². The van der Waals surface area contributed by atoms with Crippen LogP contribution in [0, 0.1) is 0 Å². The van der Waals surface area contributed by atoms with Crippen molar-refractivity contribution in [3.05, 3.63) is 35.4 Å². The number of halogens is 1. The number of nitrogens with two attached hydrogens (primary N) is 1. The van der Waals surface area contributed by atoms with Gasteiger partial charge in [-0.05, 0) is 18.4 Å². The summed E-state index contributed by atoms with van der Waals surface area (Å²) >= 11 is 0. The van der Waals surface area contributed by atoms with Gasteiger partial charge in [-0.2, -0.15) is 0 Å². The molecular weight excluding hydrogens is 334 g/mol. The van der Waals surface area contributed by atoms with Crippen molar-refractivity contribution in [2.45, 2.75) is 96.9 Å². The summed E-state index contributed by atoms with van der Waals surface area (Å²) in [5.74, 6) is -1.69. The molecule has 1 aromatic carbocycles. The van der Waals surface area contributed by atoms with Gasteiger partial charge < -0.3 is 22.6 Å². The molecule has 0 heterocycles. The fourth-order valence-electron chi connectivity index (χ4n) is 2.97. The highest BCUT2D eigenvalue weighted by atomic mass is 35.5. The molecule has 0 unspecified atom stereocenters. The van der Waals surface area contributed by atoms with Gasteiger partial charge >= 0.3 is 5.91 Å². The highest BCUT2D eigenvalue weighted by Gasteiger charge is 2.17. The number of hydrogen-bond acceptors (Lipinski definition) is 2. The fraction of sp³-hybridized carbons (Fsp3) is 0.714. The monoisotopic (exact) mass is 371 g/mol. The first-order chi connectivity index (χ1) is 11.5. The molecule has 0 aliphatic carbocycles. The Labute approximate surface area is 160 Å². The van der Waals surface area contributed by atoms with Crippen molar-refractivity contribution in [2.75, 3.05) is 0 Å². The highest BCUT2D eigenvalue weighted by Crippen LogP contribution is 2.13. The first kappa shape index (κ1) is 24.4. The van der Waals surface area contributed by atoms with Crippen LogP contribution in [0.2, 0.25) is 0 Å². The maximum Gasteiger partial charge on any atom is 0.308 e. The van der Waals surface area contributed by atoms with Crippen LogP contribution in [0.25, 0.3) is 0 Å². The number of unbranched alkanes of at least 4 members (excludes halogenated alkanes) is 9. The van der Waals surface area contributed by atoms with Crippen molar-refractivity contribution >= 4 is 0 Å². The minimum atomic E-state index is -1.69. The van der Waals surface area contributed by atoms with Gasteiger partial charge in [0, 0.05) is 12.5 Å². The van der Waals surface area contributed by atoms with Crippen LogP contribution in [0.1, 0.15) is 89.2 Å². The Morgan fingerprint density at radius 3 is 1.68 bits per heavy atom. The minimum Gasteiger partial charge on any atom is -1.00 e. The Morgan fingerprint density at radius 1 is 0.760 bits per heavy atom. The average Bonchev–Trinajstić information content (AvgIpc) is 2.55. The van der Waals surface area contributed by atoms with Crippen LogP contribution in [-0.2, 0) is 13.0 Å². The van der Waals surface area contributed by atoms with Gasteiger partial charge in [0.05, 0.1) is 0 Å². The molecule has 1 rings (SSSR count). The number of aliphatic hydroxyl groups is 2. The van der Waals surface area contributed by atoms with Crippen LogP contribution < -0.4 is 17.7 Å².